The summed E-state index contributed by atoms with van der Waals surface area (Å²) in [5.74, 6) is -1.07. The van der Waals surface area contributed by atoms with Crippen LogP contribution in [0.1, 0.15) is 22.5 Å². The molecule has 126 valence electrons. The summed E-state index contributed by atoms with van der Waals surface area (Å²) in [7, 11) is 0. The van der Waals surface area contributed by atoms with Crippen molar-refractivity contribution in [3.63, 3.8) is 0 Å². The van der Waals surface area contributed by atoms with Crippen molar-refractivity contribution in [3.05, 3.63) is 58.8 Å². The molecule has 4 rings (SSSR count). The van der Waals surface area contributed by atoms with Crippen molar-refractivity contribution in [1.29, 1.82) is 0 Å². The fourth-order valence-corrected chi connectivity index (χ4v) is 3.89. The van der Waals surface area contributed by atoms with Crippen LogP contribution in [0.25, 0.3) is 0 Å². The number of rotatable bonds is 3. The van der Waals surface area contributed by atoms with E-state index in [1.54, 1.807) is 41.8 Å². The number of fused-ring (bicyclic) bond motifs is 1. The summed E-state index contributed by atoms with van der Waals surface area (Å²) in [5.41, 5.74) is 0.445. The topological polar surface area (TPSA) is 63.7 Å². The summed E-state index contributed by atoms with van der Waals surface area (Å²) in [6.45, 7) is 0. The normalized spacial score (nSPS) is 22.2. The van der Waals surface area contributed by atoms with Crippen LogP contribution in [0.2, 0.25) is 0 Å². The van der Waals surface area contributed by atoms with Gasteiger partial charge in [0.2, 0.25) is 11.8 Å². The minimum atomic E-state index is -0.455. The second kappa shape index (κ2) is 6.29. The first-order valence-electron chi connectivity index (χ1n) is 8.03. The molecule has 5 nitrogen and oxygen atoms in total. The molecular weight excluding hydrogens is 338 g/mol. The lowest BCUT2D eigenvalue weighted by molar-refractivity contribution is -0.122. The highest BCUT2D eigenvalue weighted by Crippen LogP contribution is 2.38. The lowest BCUT2D eigenvalue weighted by Gasteiger charge is -2.15. The summed E-state index contributed by atoms with van der Waals surface area (Å²) in [4.78, 5) is 39.1. The van der Waals surface area contributed by atoms with Crippen LogP contribution >= 0.6 is 11.3 Å². The van der Waals surface area contributed by atoms with Gasteiger partial charge < -0.3 is 4.74 Å². The number of carbonyl (C=O) groups excluding carboxylic acids is 3. The van der Waals surface area contributed by atoms with Gasteiger partial charge in [-0.2, -0.15) is 0 Å². The van der Waals surface area contributed by atoms with E-state index < -0.39 is 5.97 Å². The van der Waals surface area contributed by atoms with Gasteiger partial charge in [0.15, 0.2) is 0 Å². The first-order valence-corrected chi connectivity index (χ1v) is 8.91. The number of amides is 2. The summed E-state index contributed by atoms with van der Waals surface area (Å²) >= 11 is 1.29. The molecule has 25 heavy (non-hydrogen) atoms. The predicted molar refractivity (Wildman–Crippen MR) is 93.6 cm³/mol. The molecule has 1 aliphatic heterocycles. The van der Waals surface area contributed by atoms with Crippen molar-refractivity contribution < 1.29 is 19.1 Å². The minimum Gasteiger partial charge on any atom is -0.422 e. The molecule has 2 aliphatic rings. The fraction of sp³-hybridized carbons (Fsp3) is 0.211. The van der Waals surface area contributed by atoms with Crippen molar-refractivity contribution in [2.45, 2.75) is 12.8 Å². The highest BCUT2D eigenvalue weighted by molar-refractivity contribution is 7.12. The molecule has 0 unspecified atom stereocenters. The number of benzene rings is 1. The number of nitrogens with zero attached hydrogens (tertiary/aromatic N) is 1. The zero-order valence-electron chi connectivity index (χ0n) is 13.3. The van der Waals surface area contributed by atoms with Crippen LogP contribution in [0, 0.1) is 11.8 Å². The summed E-state index contributed by atoms with van der Waals surface area (Å²) < 4.78 is 5.36. The third kappa shape index (κ3) is 2.78. The van der Waals surface area contributed by atoms with Crippen molar-refractivity contribution >= 4 is 34.8 Å². The third-order valence-electron chi connectivity index (χ3n) is 4.52. The van der Waals surface area contributed by atoms with Gasteiger partial charge in [0.1, 0.15) is 10.6 Å². The van der Waals surface area contributed by atoms with E-state index in [0.717, 1.165) is 0 Å². The number of anilines is 1. The van der Waals surface area contributed by atoms with Gasteiger partial charge in [-0.25, -0.2) is 9.69 Å². The minimum absolute atomic E-state index is 0.180. The van der Waals surface area contributed by atoms with Gasteiger partial charge in [-0.05, 0) is 36.4 Å². The predicted octanol–water partition coefficient (Wildman–Crippen LogP) is 3.42. The number of carbonyl (C=O) groups is 3. The molecule has 0 radical (unpaired) electrons. The Kier molecular flexibility index (Phi) is 3.97. The molecule has 2 amide bonds. The van der Waals surface area contributed by atoms with Crippen molar-refractivity contribution in [2.24, 2.45) is 11.8 Å². The number of hydrogen-bond donors (Lipinski definition) is 0. The second-order valence-corrected chi connectivity index (χ2v) is 6.98. The molecule has 1 fully saturated rings. The van der Waals surface area contributed by atoms with E-state index in [4.69, 9.17) is 4.74 Å². The SMILES string of the molecule is O=C(Oc1cccc(N2C(=O)[C@@H]3CC=CC[C@H]3C2=O)c1)c1cccs1. The summed E-state index contributed by atoms with van der Waals surface area (Å²) in [5, 5.41) is 1.80. The molecular formula is C19H15NO4S. The Morgan fingerprint density at radius 2 is 1.76 bits per heavy atom. The van der Waals surface area contributed by atoms with Crippen molar-refractivity contribution in [1.82, 2.24) is 0 Å². The van der Waals surface area contributed by atoms with Crippen LogP contribution in [-0.4, -0.2) is 17.8 Å². The van der Waals surface area contributed by atoms with E-state index in [0.29, 0.717) is 29.2 Å². The molecule has 0 bridgehead atoms. The molecule has 2 heterocycles. The molecule has 2 atom stereocenters. The van der Waals surface area contributed by atoms with Crippen LogP contribution in [0.5, 0.6) is 5.75 Å². The Balaban J connectivity index is 1.58. The van der Waals surface area contributed by atoms with Gasteiger partial charge in [-0.1, -0.05) is 24.3 Å². The first-order chi connectivity index (χ1) is 12.1. The van der Waals surface area contributed by atoms with Crippen LogP contribution in [0.3, 0.4) is 0 Å². The summed E-state index contributed by atoms with van der Waals surface area (Å²) in [6, 6.07) is 10.0. The molecule has 6 heteroatoms. The number of hydrogen-bond acceptors (Lipinski definition) is 5. The first kappa shape index (κ1) is 15.8. The number of ether oxygens (including phenoxy) is 1. The van der Waals surface area contributed by atoms with E-state index >= 15 is 0 Å². The van der Waals surface area contributed by atoms with Gasteiger partial charge in [-0.15, -0.1) is 11.3 Å². The molecule has 2 aromatic rings. The average Bonchev–Trinajstić information content (AvgIpc) is 3.24. The third-order valence-corrected chi connectivity index (χ3v) is 5.37. The lowest BCUT2D eigenvalue weighted by Crippen LogP contribution is -2.30. The molecule has 0 saturated carbocycles. The monoisotopic (exact) mass is 353 g/mol. The Bertz CT molecular complexity index is 845. The van der Waals surface area contributed by atoms with Crippen LogP contribution in [0.4, 0.5) is 5.69 Å². The number of allylic oxidation sites excluding steroid dienone is 2. The standard InChI is InChI=1S/C19H15NO4S/c21-17-14-7-1-2-8-15(14)18(22)20(17)12-5-3-6-13(11-12)24-19(23)16-9-4-10-25-16/h1-6,9-11,14-15H,7-8H2/t14-,15-/m1/s1. The molecule has 0 spiro atoms. The zero-order chi connectivity index (χ0) is 17.4. The fourth-order valence-electron chi connectivity index (χ4n) is 3.29. The maximum Gasteiger partial charge on any atom is 0.353 e. The molecule has 1 aromatic carbocycles. The Labute approximate surface area is 148 Å². The van der Waals surface area contributed by atoms with Gasteiger partial charge in [-0.3, -0.25) is 9.59 Å². The second-order valence-electron chi connectivity index (χ2n) is 6.03. The molecule has 1 aliphatic carbocycles. The number of esters is 1. The van der Waals surface area contributed by atoms with E-state index in [1.165, 1.54) is 16.2 Å². The maximum absolute atomic E-state index is 12.6. The van der Waals surface area contributed by atoms with E-state index in [2.05, 4.69) is 0 Å². The van der Waals surface area contributed by atoms with Crippen molar-refractivity contribution in [2.75, 3.05) is 4.90 Å². The van der Waals surface area contributed by atoms with E-state index in [1.807, 2.05) is 12.2 Å². The largest absolute Gasteiger partial charge is 0.422 e. The smallest absolute Gasteiger partial charge is 0.353 e. The van der Waals surface area contributed by atoms with Crippen LogP contribution in [-0.2, 0) is 9.59 Å². The average molecular weight is 353 g/mol. The summed E-state index contributed by atoms with van der Waals surface area (Å²) in [6.07, 6.45) is 5.10. The molecule has 1 saturated heterocycles. The molecule has 1 aromatic heterocycles. The highest BCUT2D eigenvalue weighted by Gasteiger charge is 2.47. The highest BCUT2D eigenvalue weighted by atomic mass is 32.1. The zero-order valence-corrected chi connectivity index (χ0v) is 14.1. The number of thiophene rings is 1. The Morgan fingerprint density at radius 3 is 2.40 bits per heavy atom. The van der Waals surface area contributed by atoms with Crippen LogP contribution in [0.15, 0.2) is 53.9 Å². The van der Waals surface area contributed by atoms with Crippen molar-refractivity contribution in [3.8, 4) is 5.75 Å². The molecule has 0 N–H and O–H groups in total. The number of imide groups is 1. The van der Waals surface area contributed by atoms with E-state index in [9.17, 15) is 14.4 Å². The lowest BCUT2D eigenvalue weighted by atomic mass is 9.85. The quantitative estimate of drug-likeness (QED) is 0.367. The van der Waals surface area contributed by atoms with Gasteiger partial charge in [0, 0.05) is 6.07 Å². The van der Waals surface area contributed by atoms with E-state index in [-0.39, 0.29) is 23.7 Å². The maximum atomic E-state index is 12.6. The Hall–Kier alpha value is -2.73. The van der Waals surface area contributed by atoms with Gasteiger partial charge in [0.05, 0.1) is 17.5 Å². The van der Waals surface area contributed by atoms with Crippen LogP contribution < -0.4 is 9.64 Å². The van der Waals surface area contributed by atoms with Gasteiger partial charge in [0.25, 0.3) is 0 Å². The Morgan fingerprint density at radius 1 is 1.04 bits per heavy atom. The van der Waals surface area contributed by atoms with Gasteiger partial charge >= 0.3 is 5.97 Å².